The summed E-state index contributed by atoms with van der Waals surface area (Å²) in [7, 11) is -3.37. The van der Waals surface area contributed by atoms with E-state index in [1.165, 1.54) is 0 Å². The molecular weight excluding hydrogens is 304 g/mol. The maximum Gasteiger partial charge on any atom is 0.184 e. The average molecular weight is 318 g/mol. The van der Waals surface area contributed by atoms with Crippen LogP contribution in [0, 0.1) is 6.92 Å². The van der Waals surface area contributed by atoms with Crippen LogP contribution in [-0.4, -0.2) is 23.5 Å². The average Bonchev–Trinajstić information content (AvgIpc) is 2.93. The predicted octanol–water partition coefficient (Wildman–Crippen LogP) is 1.90. The summed E-state index contributed by atoms with van der Waals surface area (Å²) in [5.74, 6) is 0.0686. The van der Waals surface area contributed by atoms with Crippen molar-refractivity contribution in [2.45, 2.75) is 25.3 Å². The molecule has 2 aromatic heterocycles. The second kappa shape index (κ2) is 5.43. The van der Waals surface area contributed by atoms with E-state index in [0.717, 1.165) is 21.4 Å². The molecule has 0 unspecified atom stereocenters. The number of hydrogen-bond acceptors (Lipinski definition) is 8. The minimum atomic E-state index is -3.37. The molecule has 19 heavy (non-hydrogen) atoms. The van der Waals surface area contributed by atoms with Gasteiger partial charge in [0.15, 0.2) is 15.7 Å². The quantitative estimate of drug-likeness (QED) is 0.873. The van der Waals surface area contributed by atoms with E-state index in [4.69, 9.17) is 5.73 Å². The summed E-state index contributed by atoms with van der Waals surface area (Å²) in [6, 6.07) is 0. The van der Waals surface area contributed by atoms with Gasteiger partial charge >= 0.3 is 0 Å². The number of thiazole rings is 1. The van der Waals surface area contributed by atoms with Crippen molar-refractivity contribution in [2.75, 3.05) is 16.8 Å². The number of aromatic nitrogens is 2. The predicted molar refractivity (Wildman–Crippen MR) is 78.4 cm³/mol. The third kappa shape index (κ3) is 3.04. The molecule has 9 heteroatoms. The molecule has 6 nitrogen and oxygen atoms in total. The molecule has 104 valence electrons. The maximum absolute atomic E-state index is 12.0. The van der Waals surface area contributed by atoms with Crippen molar-refractivity contribution in [1.82, 2.24) is 9.36 Å². The van der Waals surface area contributed by atoms with E-state index in [0.29, 0.717) is 11.5 Å². The normalized spacial score (nSPS) is 11.7. The Labute approximate surface area is 119 Å². The summed E-state index contributed by atoms with van der Waals surface area (Å²) in [4.78, 5) is 5.29. The van der Waals surface area contributed by atoms with Gasteiger partial charge in [-0.1, -0.05) is 6.92 Å². The minimum absolute atomic E-state index is 0.00393. The molecule has 0 aliphatic carbocycles. The third-order valence-electron chi connectivity index (χ3n) is 2.46. The summed E-state index contributed by atoms with van der Waals surface area (Å²) in [6.45, 7) is 4.02. The van der Waals surface area contributed by atoms with E-state index >= 15 is 0 Å². The molecule has 0 saturated heterocycles. The van der Waals surface area contributed by atoms with Gasteiger partial charge in [-0.05, 0) is 18.5 Å². The molecule has 0 fully saturated rings. The summed E-state index contributed by atoms with van der Waals surface area (Å²) in [5.41, 5.74) is 5.65. The molecule has 2 heterocycles. The van der Waals surface area contributed by atoms with Crippen molar-refractivity contribution in [3.05, 3.63) is 16.1 Å². The maximum atomic E-state index is 12.0. The van der Waals surface area contributed by atoms with Gasteiger partial charge in [0.05, 0.1) is 17.3 Å². The Balaban J connectivity index is 2.22. The molecule has 3 N–H and O–H groups in total. The summed E-state index contributed by atoms with van der Waals surface area (Å²) in [5, 5.41) is 4.54. The highest BCUT2D eigenvalue weighted by molar-refractivity contribution is 7.91. The number of sulfone groups is 1. The van der Waals surface area contributed by atoms with E-state index in [9.17, 15) is 8.42 Å². The van der Waals surface area contributed by atoms with Crippen LogP contribution in [0.25, 0.3) is 0 Å². The SMILES string of the molecule is CCS(=O)(=O)c1c(N)nsc1NCc1cnc(C)s1. The first kappa shape index (κ1) is 14.2. The molecule has 0 saturated carbocycles. The molecule has 0 aliphatic rings. The zero-order chi connectivity index (χ0) is 14.0. The number of nitrogens with two attached hydrogens (primary N) is 1. The van der Waals surface area contributed by atoms with Crippen LogP contribution >= 0.6 is 22.9 Å². The van der Waals surface area contributed by atoms with Gasteiger partial charge in [-0.2, -0.15) is 4.37 Å². The van der Waals surface area contributed by atoms with Gasteiger partial charge in [0.25, 0.3) is 0 Å². The number of rotatable bonds is 5. The van der Waals surface area contributed by atoms with Gasteiger partial charge in [-0.3, -0.25) is 0 Å². The van der Waals surface area contributed by atoms with E-state index in [1.807, 2.05) is 6.92 Å². The molecule has 2 rings (SSSR count). The number of aryl methyl sites for hydroxylation is 1. The van der Waals surface area contributed by atoms with Crippen LogP contribution in [0.2, 0.25) is 0 Å². The molecule has 0 radical (unpaired) electrons. The molecular formula is C10H14N4O2S3. The Morgan fingerprint density at radius 3 is 2.79 bits per heavy atom. The van der Waals surface area contributed by atoms with Crippen molar-refractivity contribution < 1.29 is 8.42 Å². The van der Waals surface area contributed by atoms with Crippen LogP contribution in [0.3, 0.4) is 0 Å². The molecule has 0 spiro atoms. The first-order chi connectivity index (χ1) is 8.94. The summed E-state index contributed by atoms with van der Waals surface area (Å²) < 4.78 is 27.8. The van der Waals surface area contributed by atoms with Crippen LogP contribution in [0.5, 0.6) is 0 Å². The van der Waals surface area contributed by atoms with Crippen LogP contribution in [-0.2, 0) is 16.4 Å². The second-order valence-electron chi connectivity index (χ2n) is 3.83. The van der Waals surface area contributed by atoms with Gasteiger partial charge in [-0.15, -0.1) is 11.3 Å². The van der Waals surface area contributed by atoms with Gasteiger partial charge in [0, 0.05) is 11.1 Å². The van der Waals surface area contributed by atoms with Gasteiger partial charge in [0.1, 0.15) is 9.90 Å². The Bertz CT molecular complexity index is 675. The lowest BCUT2D eigenvalue weighted by atomic mass is 10.5. The lowest BCUT2D eigenvalue weighted by Crippen LogP contribution is -2.09. The fourth-order valence-electron chi connectivity index (χ4n) is 1.51. The number of nitrogens with one attached hydrogen (secondary N) is 1. The summed E-state index contributed by atoms with van der Waals surface area (Å²) in [6.07, 6.45) is 1.77. The first-order valence-electron chi connectivity index (χ1n) is 5.57. The van der Waals surface area contributed by atoms with E-state index < -0.39 is 9.84 Å². The van der Waals surface area contributed by atoms with Crippen LogP contribution in [0.1, 0.15) is 16.8 Å². The Hall–Kier alpha value is -1.19. The fraction of sp³-hybridized carbons (Fsp3) is 0.400. The van der Waals surface area contributed by atoms with Gasteiger partial charge in [-0.25, -0.2) is 13.4 Å². The Morgan fingerprint density at radius 1 is 1.47 bits per heavy atom. The van der Waals surface area contributed by atoms with Crippen molar-refractivity contribution >= 4 is 43.5 Å². The van der Waals surface area contributed by atoms with Crippen LogP contribution in [0.4, 0.5) is 10.8 Å². The molecule has 2 aromatic rings. The van der Waals surface area contributed by atoms with E-state index in [2.05, 4.69) is 14.7 Å². The first-order valence-corrected chi connectivity index (χ1v) is 8.81. The second-order valence-corrected chi connectivity index (χ2v) is 8.14. The van der Waals surface area contributed by atoms with Crippen molar-refractivity contribution in [3.8, 4) is 0 Å². The van der Waals surface area contributed by atoms with Crippen molar-refractivity contribution in [1.29, 1.82) is 0 Å². The molecule has 0 amide bonds. The monoisotopic (exact) mass is 318 g/mol. The minimum Gasteiger partial charge on any atom is -0.382 e. The highest BCUT2D eigenvalue weighted by atomic mass is 32.2. The number of nitrogen functional groups attached to an aromatic ring is 1. The third-order valence-corrected chi connectivity index (χ3v) is 6.11. The van der Waals surface area contributed by atoms with E-state index in [1.54, 1.807) is 24.5 Å². The molecule has 0 atom stereocenters. The molecule has 0 aliphatic heterocycles. The lowest BCUT2D eigenvalue weighted by molar-refractivity contribution is 0.598. The van der Waals surface area contributed by atoms with Crippen molar-refractivity contribution in [3.63, 3.8) is 0 Å². The highest BCUT2D eigenvalue weighted by Gasteiger charge is 2.23. The van der Waals surface area contributed by atoms with Gasteiger partial charge < -0.3 is 11.1 Å². The molecule has 0 bridgehead atoms. The number of anilines is 2. The van der Waals surface area contributed by atoms with E-state index in [-0.39, 0.29) is 16.5 Å². The standard InChI is InChI=1S/C10H14N4O2S3/c1-3-19(15,16)8-9(11)14-18-10(8)13-5-7-4-12-6(2)17-7/h4,13H,3,5H2,1-2H3,(H2,11,14). The number of hydrogen-bond donors (Lipinski definition) is 2. The van der Waals surface area contributed by atoms with Crippen LogP contribution < -0.4 is 11.1 Å². The zero-order valence-corrected chi connectivity index (χ0v) is 13.0. The van der Waals surface area contributed by atoms with Crippen molar-refractivity contribution in [2.24, 2.45) is 0 Å². The Morgan fingerprint density at radius 2 is 2.21 bits per heavy atom. The topological polar surface area (TPSA) is 98.0 Å². The highest BCUT2D eigenvalue weighted by Crippen LogP contribution is 2.32. The summed E-state index contributed by atoms with van der Waals surface area (Å²) >= 11 is 2.63. The number of nitrogens with zero attached hydrogens (tertiary/aromatic N) is 2. The van der Waals surface area contributed by atoms with Gasteiger partial charge in [0.2, 0.25) is 0 Å². The van der Waals surface area contributed by atoms with Crippen LogP contribution in [0.15, 0.2) is 11.1 Å². The lowest BCUT2D eigenvalue weighted by Gasteiger charge is -2.05. The molecule has 0 aromatic carbocycles. The fourth-order valence-corrected chi connectivity index (χ4v) is 4.40. The smallest absolute Gasteiger partial charge is 0.184 e. The largest absolute Gasteiger partial charge is 0.382 e. The Kier molecular flexibility index (Phi) is 4.07. The zero-order valence-electron chi connectivity index (χ0n) is 10.5.